The second-order valence-corrected chi connectivity index (χ2v) is 4.55. The normalized spacial score (nSPS) is 10.9. The third-order valence-electron chi connectivity index (χ3n) is 2.60. The minimum Gasteiger partial charge on any atom is -0.379 e. The van der Waals surface area contributed by atoms with Gasteiger partial charge >= 0.3 is 0 Å². The molecule has 0 aliphatic rings. The van der Waals surface area contributed by atoms with E-state index < -0.39 is 0 Å². The molecule has 0 atom stereocenters. The minimum absolute atomic E-state index is 0.00924. The number of hydrogen-bond acceptors (Lipinski definition) is 7. The van der Waals surface area contributed by atoms with Crippen LogP contribution in [0.1, 0.15) is 13.3 Å². The van der Waals surface area contributed by atoms with E-state index in [4.69, 9.17) is 29.4 Å². The molecule has 0 spiro atoms. The summed E-state index contributed by atoms with van der Waals surface area (Å²) < 4.78 is 26.4. The number of carbonyl (C=O) groups excluding carboxylic acids is 1. The monoisotopic (exact) mass is 336 g/mol. The quantitative estimate of drug-likeness (QED) is 0.327. The molecule has 0 unspecified atom stereocenters. The van der Waals surface area contributed by atoms with E-state index in [0.717, 1.165) is 0 Å². The molecule has 23 heavy (non-hydrogen) atoms. The summed E-state index contributed by atoms with van der Waals surface area (Å²) in [5.41, 5.74) is 5.28. The van der Waals surface area contributed by atoms with Gasteiger partial charge in [-0.15, -0.1) is 0 Å². The van der Waals surface area contributed by atoms with Crippen LogP contribution in [0.2, 0.25) is 0 Å². The van der Waals surface area contributed by atoms with Crippen molar-refractivity contribution in [2.75, 3.05) is 79.2 Å². The molecule has 1 amide bonds. The van der Waals surface area contributed by atoms with Gasteiger partial charge in [-0.3, -0.25) is 4.79 Å². The first-order valence-corrected chi connectivity index (χ1v) is 8.16. The second-order valence-electron chi connectivity index (χ2n) is 4.55. The molecule has 0 saturated heterocycles. The number of rotatable bonds is 18. The Labute approximate surface area is 138 Å². The molecular weight excluding hydrogens is 304 g/mol. The maximum atomic E-state index is 11.1. The number of amides is 1. The van der Waals surface area contributed by atoms with Crippen LogP contribution < -0.4 is 11.1 Å². The van der Waals surface area contributed by atoms with Gasteiger partial charge in [0.2, 0.25) is 5.91 Å². The van der Waals surface area contributed by atoms with Crippen LogP contribution in [0.5, 0.6) is 0 Å². The summed E-state index contributed by atoms with van der Waals surface area (Å²) in [5, 5.41) is 2.71. The fourth-order valence-electron chi connectivity index (χ4n) is 1.52. The van der Waals surface area contributed by atoms with E-state index in [-0.39, 0.29) is 5.91 Å². The molecule has 0 heterocycles. The van der Waals surface area contributed by atoms with Gasteiger partial charge in [0.05, 0.1) is 66.1 Å². The zero-order valence-corrected chi connectivity index (χ0v) is 14.2. The number of hydrogen-bond donors (Lipinski definition) is 2. The molecule has 0 aromatic heterocycles. The van der Waals surface area contributed by atoms with Crippen LogP contribution in [0.3, 0.4) is 0 Å². The number of nitrogens with two attached hydrogens (primary N) is 1. The van der Waals surface area contributed by atoms with Crippen molar-refractivity contribution in [1.29, 1.82) is 0 Å². The van der Waals surface area contributed by atoms with Gasteiger partial charge < -0.3 is 34.7 Å². The van der Waals surface area contributed by atoms with Gasteiger partial charge in [0, 0.05) is 19.5 Å². The molecular formula is C15H32N2O6. The standard InChI is InChI=1S/C15H32N2O6/c1-2-17-15(18)3-5-19-7-9-21-11-13-23-14-12-22-10-8-20-6-4-16/h2-14,16H2,1H3,(H,17,18). The zero-order valence-electron chi connectivity index (χ0n) is 14.2. The lowest BCUT2D eigenvalue weighted by Crippen LogP contribution is -2.24. The minimum atomic E-state index is 0.00924. The van der Waals surface area contributed by atoms with Gasteiger partial charge in [-0.05, 0) is 6.92 Å². The Balaban J connectivity index is 3.01. The summed E-state index contributed by atoms with van der Waals surface area (Å²) >= 11 is 0. The Morgan fingerprint density at radius 3 is 1.52 bits per heavy atom. The molecule has 0 bridgehead atoms. The Kier molecular flexibility index (Phi) is 18.6. The van der Waals surface area contributed by atoms with Crippen molar-refractivity contribution in [3.63, 3.8) is 0 Å². The van der Waals surface area contributed by atoms with Crippen molar-refractivity contribution in [1.82, 2.24) is 5.32 Å². The third kappa shape index (κ3) is 19.2. The van der Waals surface area contributed by atoms with Gasteiger partial charge in [0.15, 0.2) is 0 Å². The average molecular weight is 336 g/mol. The van der Waals surface area contributed by atoms with Crippen molar-refractivity contribution in [2.45, 2.75) is 13.3 Å². The highest BCUT2D eigenvalue weighted by atomic mass is 16.6. The summed E-state index contributed by atoms with van der Waals surface area (Å²) in [4.78, 5) is 11.1. The highest BCUT2D eigenvalue weighted by molar-refractivity contribution is 5.75. The lowest BCUT2D eigenvalue weighted by molar-refractivity contribution is -0.122. The topological polar surface area (TPSA) is 101 Å². The third-order valence-corrected chi connectivity index (χ3v) is 2.60. The van der Waals surface area contributed by atoms with E-state index in [2.05, 4.69) is 5.32 Å². The van der Waals surface area contributed by atoms with Crippen LogP contribution in [-0.4, -0.2) is 85.1 Å². The van der Waals surface area contributed by atoms with Crippen molar-refractivity contribution in [2.24, 2.45) is 5.73 Å². The lowest BCUT2D eigenvalue weighted by Gasteiger charge is -2.07. The Bertz CT molecular complexity index is 256. The van der Waals surface area contributed by atoms with E-state index in [9.17, 15) is 4.79 Å². The smallest absolute Gasteiger partial charge is 0.222 e. The van der Waals surface area contributed by atoms with Crippen LogP contribution in [-0.2, 0) is 28.5 Å². The van der Waals surface area contributed by atoms with Crippen molar-refractivity contribution < 1.29 is 28.5 Å². The van der Waals surface area contributed by atoms with Crippen molar-refractivity contribution in [3.8, 4) is 0 Å². The summed E-state index contributed by atoms with van der Waals surface area (Å²) in [6, 6.07) is 0. The van der Waals surface area contributed by atoms with E-state index >= 15 is 0 Å². The summed E-state index contributed by atoms with van der Waals surface area (Å²) in [6.07, 6.45) is 0.383. The maximum absolute atomic E-state index is 11.1. The number of ether oxygens (including phenoxy) is 5. The first-order valence-electron chi connectivity index (χ1n) is 8.16. The Hall–Kier alpha value is -0.770. The Morgan fingerprint density at radius 2 is 1.13 bits per heavy atom. The fraction of sp³-hybridized carbons (Fsp3) is 0.933. The SMILES string of the molecule is CCNC(=O)CCOCCOCCOCCOCCOCCN. The van der Waals surface area contributed by atoms with Gasteiger partial charge in [-0.1, -0.05) is 0 Å². The van der Waals surface area contributed by atoms with E-state index in [1.165, 1.54) is 0 Å². The largest absolute Gasteiger partial charge is 0.379 e. The molecule has 138 valence electrons. The van der Waals surface area contributed by atoms with Gasteiger partial charge in [0.1, 0.15) is 0 Å². The van der Waals surface area contributed by atoms with Gasteiger partial charge in [-0.25, -0.2) is 0 Å². The van der Waals surface area contributed by atoms with E-state index in [0.29, 0.717) is 85.6 Å². The molecule has 0 fully saturated rings. The molecule has 3 N–H and O–H groups in total. The molecule has 0 aromatic carbocycles. The molecule has 0 aromatic rings. The predicted molar refractivity (Wildman–Crippen MR) is 86.5 cm³/mol. The van der Waals surface area contributed by atoms with Crippen LogP contribution in [0.15, 0.2) is 0 Å². The van der Waals surface area contributed by atoms with Crippen molar-refractivity contribution >= 4 is 5.91 Å². The van der Waals surface area contributed by atoms with Crippen LogP contribution in [0, 0.1) is 0 Å². The maximum Gasteiger partial charge on any atom is 0.222 e. The zero-order chi connectivity index (χ0) is 17.0. The molecule has 8 heteroatoms. The van der Waals surface area contributed by atoms with Crippen LogP contribution >= 0.6 is 0 Å². The van der Waals surface area contributed by atoms with Gasteiger partial charge in [-0.2, -0.15) is 0 Å². The lowest BCUT2D eigenvalue weighted by atomic mass is 10.4. The van der Waals surface area contributed by atoms with Gasteiger partial charge in [0.25, 0.3) is 0 Å². The highest BCUT2D eigenvalue weighted by Crippen LogP contribution is 1.86. The first-order chi connectivity index (χ1) is 11.3. The molecule has 0 saturated carbocycles. The predicted octanol–water partition coefficient (Wildman–Crippen LogP) is -0.446. The van der Waals surface area contributed by atoms with Crippen molar-refractivity contribution in [3.05, 3.63) is 0 Å². The summed E-state index contributed by atoms with van der Waals surface area (Å²) in [5.74, 6) is 0.00924. The number of nitrogens with one attached hydrogen (secondary N) is 1. The fourth-order valence-corrected chi connectivity index (χ4v) is 1.52. The molecule has 0 aliphatic heterocycles. The summed E-state index contributed by atoms with van der Waals surface area (Å²) in [7, 11) is 0. The molecule has 0 radical (unpaired) electrons. The summed E-state index contributed by atoms with van der Waals surface area (Å²) in [6.45, 7) is 8.22. The highest BCUT2D eigenvalue weighted by Gasteiger charge is 1.98. The van der Waals surface area contributed by atoms with E-state index in [1.807, 2.05) is 6.92 Å². The van der Waals surface area contributed by atoms with Crippen LogP contribution in [0.4, 0.5) is 0 Å². The molecule has 0 aliphatic carbocycles. The van der Waals surface area contributed by atoms with E-state index in [1.54, 1.807) is 0 Å². The molecule has 8 nitrogen and oxygen atoms in total. The first kappa shape index (κ1) is 22.2. The average Bonchev–Trinajstić information content (AvgIpc) is 2.54. The van der Waals surface area contributed by atoms with Crippen LogP contribution in [0.25, 0.3) is 0 Å². The molecule has 0 rings (SSSR count). The second kappa shape index (κ2) is 19.3. The Morgan fingerprint density at radius 1 is 0.739 bits per heavy atom. The number of carbonyl (C=O) groups is 1.